The van der Waals surface area contributed by atoms with Gasteiger partial charge < -0.3 is 14.2 Å². The van der Waals surface area contributed by atoms with E-state index < -0.39 is 0 Å². The third kappa shape index (κ3) is 7.90. The molecule has 3 aromatic rings. The summed E-state index contributed by atoms with van der Waals surface area (Å²) in [6.07, 6.45) is 1.58. The molecule has 0 atom stereocenters. The maximum absolute atomic E-state index is 12.5. The Kier molecular flexibility index (Phi) is 9.13. The normalized spacial score (nSPS) is 10.4. The van der Waals surface area contributed by atoms with Crippen LogP contribution in [0.25, 0.3) is 0 Å². The molecule has 0 fully saturated rings. The number of amides is 1. The highest BCUT2D eigenvalue weighted by molar-refractivity contribution is 7.97. The van der Waals surface area contributed by atoms with E-state index in [9.17, 15) is 4.79 Å². The number of hydrogen-bond acceptors (Lipinski definition) is 5. The fourth-order valence-electron chi connectivity index (χ4n) is 2.67. The highest BCUT2D eigenvalue weighted by Gasteiger charge is 2.16. The Morgan fingerprint density at radius 2 is 1.42 bits per heavy atom. The van der Waals surface area contributed by atoms with Crippen molar-refractivity contribution in [3.8, 4) is 17.2 Å². The van der Waals surface area contributed by atoms with E-state index in [1.807, 2.05) is 84.9 Å². The van der Waals surface area contributed by atoms with Gasteiger partial charge in [0.2, 0.25) is 0 Å². The van der Waals surface area contributed by atoms with E-state index >= 15 is 0 Å². The quantitative estimate of drug-likeness (QED) is 0.244. The fraction of sp³-hybridized carbons (Fsp3) is 0.240. The minimum Gasteiger partial charge on any atom is -0.490 e. The van der Waals surface area contributed by atoms with E-state index in [1.165, 1.54) is 11.9 Å². The molecule has 5 nitrogen and oxygen atoms in total. The van der Waals surface area contributed by atoms with Crippen LogP contribution in [-0.4, -0.2) is 30.2 Å². The lowest BCUT2D eigenvalue weighted by atomic mass is 10.3. The largest absolute Gasteiger partial charge is 0.490 e. The summed E-state index contributed by atoms with van der Waals surface area (Å²) < 4.78 is 18.5. The lowest BCUT2D eigenvalue weighted by molar-refractivity contribution is 0.109. The molecule has 0 radical (unpaired) electrons. The maximum atomic E-state index is 12.5. The van der Waals surface area contributed by atoms with Gasteiger partial charge in [-0.1, -0.05) is 49.7 Å². The van der Waals surface area contributed by atoms with E-state index in [2.05, 4.69) is 6.92 Å². The molecule has 0 spiro atoms. The standard InChI is InChI=1S/C25H27NO4S/c1-2-3-18-26(31-24-12-8-5-9-13-24)25(27)29-20-19-28-21-14-16-23(17-15-21)30-22-10-6-4-7-11-22/h4-17H,2-3,18-20H2,1H3. The Morgan fingerprint density at radius 3 is 2.10 bits per heavy atom. The molecule has 0 aliphatic carbocycles. The monoisotopic (exact) mass is 437 g/mol. The van der Waals surface area contributed by atoms with Crippen molar-refractivity contribution in [3.05, 3.63) is 84.9 Å². The summed E-state index contributed by atoms with van der Waals surface area (Å²) >= 11 is 1.40. The molecular formula is C25H27NO4S. The van der Waals surface area contributed by atoms with Crippen molar-refractivity contribution in [3.63, 3.8) is 0 Å². The topological polar surface area (TPSA) is 48.0 Å². The van der Waals surface area contributed by atoms with Gasteiger partial charge in [0.15, 0.2) is 0 Å². The average Bonchev–Trinajstić information content (AvgIpc) is 2.81. The van der Waals surface area contributed by atoms with Crippen molar-refractivity contribution >= 4 is 18.0 Å². The molecule has 0 heterocycles. The summed E-state index contributed by atoms with van der Waals surface area (Å²) in [6, 6.07) is 26.8. The first-order valence-electron chi connectivity index (χ1n) is 10.4. The molecule has 0 bridgehead atoms. The van der Waals surface area contributed by atoms with Crippen molar-refractivity contribution in [2.75, 3.05) is 19.8 Å². The molecule has 0 aliphatic heterocycles. The number of unbranched alkanes of at least 4 members (excludes halogenated alkanes) is 1. The maximum Gasteiger partial charge on any atom is 0.420 e. The van der Waals surface area contributed by atoms with Crippen LogP contribution < -0.4 is 9.47 Å². The molecule has 0 aromatic heterocycles. The highest BCUT2D eigenvalue weighted by atomic mass is 32.2. The first-order valence-corrected chi connectivity index (χ1v) is 11.1. The average molecular weight is 438 g/mol. The predicted octanol–water partition coefficient (Wildman–Crippen LogP) is 6.80. The van der Waals surface area contributed by atoms with Crippen LogP contribution in [0.1, 0.15) is 19.8 Å². The van der Waals surface area contributed by atoms with Gasteiger partial charge in [0.25, 0.3) is 0 Å². The van der Waals surface area contributed by atoms with Crippen LogP contribution in [0, 0.1) is 0 Å². The number of carbonyl (C=O) groups excluding carboxylic acids is 1. The van der Waals surface area contributed by atoms with Crippen molar-refractivity contribution in [2.24, 2.45) is 0 Å². The molecule has 31 heavy (non-hydrogen) atoms. The number of nitrogens with zero attached hydrogens (tertiary/aromatic N) is 1. The Labute approximate surface area is 188 Å². The van der Waals surface area contributed by atoms with Gasteiger partial charge in [0, 0.05) is 11.4 Å². The molecule has 0 N–H and O–H groups in total. The second kappa shape index (κ2) is 12.5. The minimum absolute atomic E-state index is 0.180. The number of benzene rings is 3. The lowest BCUT2D eigenvalue weighted by Crippen LogP contribution is -2.27. The van der Waals surface area contributed by atoms with Gasteiger partial charge in [-0.2, -0.15) is 0 Å². The van der Waals surface area contributed by atoms with Crippen molar-refractivity contribution in [1.29, 1.82) is 0 Å². The molecule has 0 saturated carbocycles. The van der Waals surface area contributed by atoms with E-state index in [0.29, 0.717) is 12.3 Å². The van der Waals surface area contributed by atoms with Gasteiger partial charge in [0.05, 0.1) is 0 Å². The first-order chi connectivity index (χ1) is 15.2. The Balaban J connectivity index is 1.42. The summed E-state index contributed by atoms with van der Waals surface area (Å²) in [5.41, 5.74) is 0. The van der Waals surface area contributed by atoms with Crippen molar-refractivity contribution in [2.45, 2.75) is 24.7 Å². The van der Waals surface area contributed by atoms with Gasteiger partial charge in [0.1, 0.15) is 30.5 Å². The zero-order valence-electron chi connectivity index (χ0n) is 17.6. The molecular weight excluding hydrogens is 410 g/mol. The van der Waals surface area contributed by atoms with Crippen LogP contribution in [0.3, 0.4) is 0 Å². The number of rotatable bonds is 11. The summed E-state index contributed by atoms with van der Waals surface area (Å²) in [5, 5.41) is 0. The Hall–Kier alpha value is -3.12. The van der Waals surface area contributed by atoms with Gasteiger partial charge in [-0.15, -0.1) is 0 Å². The fourth-order valence-corrected chi connectivity index (χ4v) is 3.55. The van der Waals surface area contributed by atoms with Gasteiger partial charge in [-0.3, -0.25) is 0 Å². The predicted molar refractivity (Wildman–Crippen MR) is 124 cm³/mol. The SMILES string of the molecule is CCCCN(Sc1ccccc1)C(=O)OCCOc1ccc(Oc2ccccc2)cc1. The molecule has 3 aromatic carbocycles. The Bertz CT molecular complexity index is 904. The molecule has 0 aliphatic rings. The second-order valence-electron chi connectivity index (χ2n) is 6.71. The van der Waals surface area contributed by atoms with Crippen LogP contribution in [0.4, 0.5) is 4.79 Å². The van der Waals surface area contributed by atoms with E-state index in [0.717, 1.165) is 29.2 Å². The van der Waals surface area contributed by atoms with E-state index in [-0.39, 0.29) is 19.3 Å². The van der Waals surface area contributed by atoms with E-state index in [1.54, 1.807) is 4.31 Å². The second-order valence-corrected chi connectivity index (χ2v) is 7.80. The van der Waals surface area contributed by atoms with Gasteiger partial charge in [-0.25, -0.2) is 9.10 Å². The molecule has 6 heteroatoms. The minimum atomic E-state index is -0.350. The van der Waals surface area contributed by atoms with Crippen LogP contribution in [0.5, 0.6) is 17.2 Å². The van der Waals surface area contributed by atoms with Crippen LogP contribution in [0.2, 0.25) is 0 Å². The number of ether oxygens (including phenoxy) is 3. The number of carbonyl (C=O) groups is 1. The number of para-hydroxylation sites is 1. The summed E-state index contributed by atoms with van der Waals surface area (Å²) in [6.45, 7) is 3.20. The van der Waals surface area contributed by atoms with Crippen LogP contribution >= 0.6 is 11.9 Å². The van der Waals surface area contributed by atoms with Gasteiger partial charge in [-0.05, 0) is 66.9 Å². The first kappa shape index (κ1) is 22.6. The molecule has 1 amide bonds. The summed E-state index contributed by atoms with van der Waals surface area (Å²) in [4.78, 5) is 13.5. The molecule has 0 unspecified atom stereocenters. The summed E-state index contributed by atoms with van der Waals surface area (Å²) in [5.74, 6) is 2.21. The summed E-state index contributed by atoms with van der Waals surface area (Å²) in [7, 11) is 0. The van der Waals surface area contributed by atoms with Crippen LogP contribution in [-0.2, 0) is 4.74 Å². The molecule has 0 saturated heterocycles. The molecule has 3 rings (SSSR count). The van der Waals surface area contributed by atoms with Crippen molar-refractivity contribution in [1.82, 2.24) is 4.31 Å². The number of hydrogen-bond donors (Lipinski definition) is 0. The Morgan fingerprint density at radius 1 is 0.806 bits per heavy atom. The van der Waals surface area contributed by atoms with Crippen LogP contribution in [0.15, 0.2) is 89.8 Å². The lowest BCUT2D eigenvalue weighted by Gasteiger charge is -2.20. The van der Waals surface area contributed by atoms with Gasteiger partial charge >= 0.3 is 6.09 Å². The highest BCUT2D eigenvalue weighted by Crippen LogP contribution is 2.25. The zero-order valence-corrected chi connectivity index (χ0v) is 18.4. The third-order valence-electron chi connectivity index (χ3n) is 4.26. The smallest absolute Gasteiger partial charge is 0.420 e. The van der Waals surface area contributed by atoms with Crippen molar-refractivity contribution < 1.29 is 19.0 Å². The zero-order chi connectivity index (χ0) is 21.7. The van der Waals surface area contributed by atoms with E-state index in [4.69, 9.17) is 14.2 Å². The molecule has 162 valence electrons. The third-order valence-corrected chi connectivity index (χ3v) is 5.29.